The molecule has 31 heavy (non-hydrogen) atoms. The number of carbonyl (C=O) groups excluding carboxylic acids is 4. The van der Waals surface area contributed by atoms with Crippen molar-refractivity contribution in [1.29, 1.82) is 0 Å². The molecule has 2 aliphatic rings. The van der Waals surface area contributed by atoms with E-state index in [0.29, 0.717) is 6.61 Å². The lowest BCUT2D eigenvalue weighted by Crippen LogP contribution is -2.65. The number of likely N-dealkylation sites (tertiary alicyclic amines) is 1. The Bertz CT molecular complexity index is 773. The van der Waals surface area contributed by atoms with Crippen molar-refractivity contribution in [1.82, 2.24) is 9.21 Å². The van der Waals surface area contributed by atoms with Crippen LogP contribution in [0.2, 0.25) is 13.1 Å². The summed E-state index contributed by atoms with van der Waals surface area (Å²) in [7, 11) is -0.211. The van der Waals surface area contributed by atoms with Crippen LogP contribution in [0.1, 0.15) is 40.5 Å². The third-order valence-electron chi connectivity index (χ3n) is 5.42. The van der Waals surface area contributed by atoms with Gasteiger partial charge in [0.05, 0.1) is 13.0 Å². The number of amides is 3. The Hall–Kier alpha value is -1.85. The average Bonchev–Trinajstić information content (AvgIpc) is 2.97. The number of nitrogens with zero attached hydrogens (tertiary/aromatic N) is 2. The van der Waals surface area contributed by atoms with Gasteiger partial charge in [-0.25, -0.2) is 9.10 Å². The topological polar surface area (TPSA) is 113 Å². The van der Waals surface area contributed by atoms with Crippen molar-refractivity contribution in [3.63, 3.8) is 0 Å². The van der Waals surface area contributed by atoms with E-state index in [0.717, 1.165) is 28.3 Å². The van der Waals surface area contributed by atoms with E-state index in [-0.39, 0.29) is 53.4 Å². The molecular weight excluding hydrogens is 440 g/mol. The monoisotopic (exact) mass is 472 g/mol. The molecule has 2 fully saturated rings. The zero-order chi connectivity index (χ0) is 23.7. The molecule has 0 aromatic heterocycles. The quantitative estimate of drug-likeness (QED) is 0.109. The number of ether oxygens (including phenoxy) is 1. The van der Waals surface area contributed by atoms with Crippen LogP contribution in [0.15, 0.2) is 11.5 Å². The molecule has 0 radical (unpaired) electrons. The molecule has 0 bridgehead atoms. The molecule has 3 atom stereocenters. The highest BCUT2D eigenvalue weighted by Gasteiger charge is 2.58. The number of hydrogen-bond acceptors (Lipinski definition) is 8. The second kappa shape index (κ2) is 9.74. The number of esters is 1. The van der Waals surface area contributed by atoms with E-state index in [4.69, 9.17) is 9.16 Å². The van der Waals surface area contributed by atoms with E-state index in [1.165, 1.54) is 6.92 Å². The molecule has 0 spiro atoms. The van der Waals surface area contributed by atoms with Gasteiger partial charge in [0.25, 0.3) is 0 Å². The van der Waals surface area contributed by atoms with Gasteiger partial charge in [-0.3, -0.25) is 19.3 Å². The first-order chi connectivity index (χ1) is 14.3. The third kappa shape index (κ3) is 5.32. The summed E-state index contributed by atoms with van der Waals surface area (Å²) in [5.41, 5.74) is -0.608. The number of β-lactam (4-membered cyclic amide) rings is 1. The maximum absolute atomic E-state index is 13.3. The molecule has 9 nitrogen and oxygen atoms in total. The molecule has 1 N–H and O–H groups in total. The second-order valence-corrected chi connectivity index (χ2v) is 12.6. The van der Waals surface area contributed by atoms with Crippen LogP contribution in [0, 0.1) is 17.3 Å². The number of imide groups is 1. The number of aliphatic hydroxyl groups is 1. The molecule has 2 aliphatic heterocycles. The number of rotatable bonds is 8. The van der Waals surface area contributed by atoms with Crippen LogP contribution in [0.3, 0.4) is 0 Å². The van der Waals surface area contributed by atoms with Crippen molar-refractivity contribution in [3.05, 3.63) is 11.5 Å². The summed E-state index contributed by atoms with van der Waals surface area (Å²) in [5, 5.41) is 9.38. The summed E-state index contributed by atoms with van der Waals surface area (Å²) in [5.74, 6) is -3.13. The van der Waals surface area contributed by atoms with Gasteiger partial charge in [-0.05, 0) is 37.4 Å². The van der Waals surface area contributed by atoms with Crippen LogP contribution in [0.25, 0.3) is 0 Å². The number of hydrogen-bond donors (Lipinski definition) is 1. The first-order valence-corrected chi connectivity index (χ1v) is 13.9. The average molecular weight is 473 g/mol. The van der Waals surface area contributed by atoms with Crippen LogP contribution in [0.4, 0.5) is 0 Å². The van der Waals surface area contributed by atoms with E-state index >= 15 is 0 Å². The first kappa shape index (κ1) is 25.4. The number of allylic oxidation sites excluding steroid dienone is 1. The van der Waals surface area contributed by atoms with Gasteiger partial charge in [-0.1, -0.05) is 20.8 Å². The van der Waals surface area contributed by atoms with Crippen LogP contribution in [-0.4, -0.2) is 66.1 Å². The smallest absolute Gasteiger partial charge is 0.358 e. The maximum Gasteiger partial charge on any atom is 0.358 e. The molecule has 174 valence electrons. The van der Waals surface area contributed by atoms with Gasteiger partial charge >= 0.3 is 5.97 Å². The Morgan fingerprint density at radius 3 is 2.19 bits per heavy atom. The normalized spacial score (nSPS) is 23.8. The molecule has 2 rings (SSSR count). The molecule has 11 heteroatoms. The molecule has 3 amide bonds. The Balaban J connectivity index is 2.47. The van der Waals surface area contributed by atoms with Gasteiger partial charge in [-0.15, -0.1) is 0 Å². The number of methoxy groups -OCH3 is 1. The van der Waals surface area contributed by atoms with E-state index < -0.39 is 26.3 Å². The largest absolute Gasteiger partial charge is 0.510 e. The van der Waals surface area contributed by atoms with Crippen molar-refractivity contribution in [2.45, 2.75) is 59.0 Å². The predicted octanol–water partition coefficient (Wildman–Crippen LogP) is 2.19. The molecule has 0 aliphatic carbocycles. The fourth-order valence-corrected chi connectivity index (χ4v) is 5.66. The highest BCUT2D eigenvalue weighted by Crippen LogP contribution is 2.49. The summed E-state index contributed by atoms with van der Waals surface area (Å²) in [4.78, 5) is 51.3. The Morgan fingerprint density at radius 2 is 1.77 bits per heavy atom. The molecule has 2 heterocycles. The lowest BCUT2D eigenvalue weighted by Gasteiger charge is -2.52. The van der Waals surface area contributed by atoms with Crippen LogP contribution in [0.5, 0.6) is 0 Å². The summed E-state index contributed by atoms with van der Waals surface area (Å²) >= 11 is 0.925. The van der Waals surface area contributed by atoms with E-state index in [2.05, 4.69) is 0 Å². The fourth-order valence-electron chi connectivity index (χ4n) is 3.69. The summed E-state index contributed by atoms with van der Waals surface area (Å²) in [6, 6.07) is 0. The SMILES string of the molecule is COC(=O)C(=C(C)O)N1C(=O)[C@H]([C@@H](CO[SiH](C)C)C(C)(C)C)[C@H]1SN1C(=O)CCC1=O. The first-order valence-electron chi connectivity index (χ1n) is 10.3. The zero-order valence-corrected chi connectivity index (χ0v) is 21.1. The molecular formula is C20H32N2O7SSi. The van der Waals surface area contributed by atoms with Crippen LogP contribution in [-0.2, 0) is 28.3 Å². The van der Waals surface area contributed by atoms with Crippen molar-refractivity contribution in [2.24, 2.45) is 17.3 Å². The van der Waals surface area contributed by atoms with Crippen molar-refractivity contribution in [3.8, 4) is 0 Å². The summed E-state index contributed by atoms with van der Waals surface area (Å²) < 4.78 is 11.8. The Labute approximate surface area is 189 Å². The van der Waals surface area contributed by atoms with Crippen molar-refractivity contribution in [2.75, 3.05) is 13.7 Å². The summed E-state index contributed by atoms with van der Waals surface area (Å²) in [6.07, 6.45) is 0.224. The van der Waals surface area contributed by atoms with Gasteiger partial charge in [0.2, 0.25) is 17.7 Å². The minimum atomic E-state index is -1.37. The Morgan fingerprint density at radius 1 is 1.23 bits per heavy atom. The van der Waals surface area contributed by atoms with Gasteiger partial charge in [-0.2, -0.15) is 0 Å². The molecule has 0 aromatic carbocycles. The van der Waals surface area contributed by atoms with Crippen LogP contribution < -0.4 is 0 Å². The predicted molar refractivity (Wildman–Crippen MR) is 118 cm³/mol. The van der Waals surface area contributed by atoms with Gasteiger partial charge in [0.15, 0.2) is 14.7 Å². The number of carbonyl (C=O) groups is 4. The van der Waals surface area contributed by atoms with E-state index in [1.54, 1.807) is 0 Å². The zero-order valence-electron chi connectivity index (χ0n) is 19.1. The minimum Gasteiger partial charge on any atom is -0.510 e. The van der Waals surface area contributed by atoms with Gasteiger partial charge < -0.3 is 14.3 Å². The minimum absolute atomic E-state index is 0.112. The fraction of sp³-hybridized carbons (Fsp3) is 0.700. The lowest BCUT2D eigenvalue weighted by atomic mass is 9.70. The van der Waals surface area contributed by atoms with Gasteiger partial charge in [0, 0.05) is 25.4 Å². The lowest BCUT2D eigenvalue weighted by molar-refractivity contribution is -0.160. The van der Waals surface area contributed by atoms with E-state index in [1.807, 2.05) is 33.9 Å². The van der Waals surface area contributed by atoms with Crippen LogP contribution >= 0.6 is 11.9 Å². The molecule has 0 saturated carbocycles. The standard InChI is InChI=1S/C20H32N2O7SSi/c1-11(23)16(19(27)28-5)21-17(26)15(12(20(2,3)4)10-29-31(6)7)18(21)30-22-13(24)8-9-14(22)25/h12,15,18,23,31H,8-10H2,1-7H3/t12-,15+,18-/m1/s1. The molecule has 2 saturated heterocycles. The third-order valence-corrected chi connectivity index (χ3v) is 7.62. The van der Waals surface area contributed by atoms with E-state index in [9.17, 15) is 24.3 Å². The Kier molecular flexibility index (Phi) is 7.98. The van der Waals surface area contributed by atoms with Gasteiger partial charge in [0.1, 0.15) is 11.1 Å². The molecule has 0 unspecified atom stereocenters. The summed E-state index contributed by atoms with van der Waals surface area (Å²) in [6.45, 7) is 11.7. The maximum atomic E-state index is 13.3. The highest BCUT2D eigenvalue weighted by atomic mass is 32.2. The second-order valence-electron chi connectivity index (χ2n) is 9.09. The number of aliphatic hydroxyl groups excluding tert-OH is 1. The highest BCUT2D eigenvalue weighted by molar-refractivity contribution is 7.98. The van der Waals surface area contributed by atoms with Crippen molar-refractivity contribution >= 4 is 44.7 Å². The van der Waals surface area contributed by atoms with Crippen molar-refractivity contribution < 1.29 is 33.4 Å². The molecule has 0 aromatic rings.